The predicted molar refractivity (Wildman–Crippen MR) is 105 cm³/mol. The summed E-state index contributed by atoms with van der Waals surface area (Å²) in [5.41, 5.74) is 1.52. The number of aromatic amines is 1. The lowest BCUT2D eigenvalue weighted by molar-refractivity contribution is -0.137. The third-order valence-electron chi connectivity index (χ3n) is 4.80. The van der Waals surface area contributed by atoms with Crippen LogP contribution in [0.25, 0.3) is 22.5 Å². The van der Waals surface area contributed by atoms with E-state index in [-0.39, 0.29) is 22.7 Å². The fraction of sp³-hybridized carbons (Fsp3) is 0.0476. The van der Waals surface area contributed by atoms with Crippen LogP contribution in [0.2, 0.25) is 0 Å². The minimum Gasteiger partial charge on any atom is -0.454 e. The number of aromatic nitrogens is 4. The molecule has 0 fully saturated rings. The van der Waals surface area contributed by atoms with Crippen LogP contribution in [0.15, 0.2) is 60.7 Å². The Kier molecular flexibility index (Phi) is 4.21. The highest BCUT2D eigenvalue weighted by Gasteiger charge is 2.32. The quantitative estimate of drug-likeness (QED) is 0.478. The molecule has 0 saturated heterocycles. The Labute approximate surface area is 172 Å². The Balaban J connectivity index is 1.52. The number of tetrazole rings is 1. The molecule has 0 radical (unpaired) electrons. The minimum absolute atomic E-state index is 0.0447. The van der Waals surface area contributed by atoms with E-state index in [0.29, 0.717) is 11.4 Å². The average Bonchev–Trinajstić information content (AvgIpc) is 3.25. The van der Waals surface area contributed by atoms with Crippen molar-refractivity contribution in [3.63, 3.8) is 0 Å². The highest BCUT2D eigenvalue weighted by atomic mass is 19.4. The molecule has 0 spiro atoms. The maximum Gasteiger partial charge on any atom is 0.416 e. The maximum atomic E-state index is 13.0. The van der Waals surface area contributed by atoms with Gasteiger partial charge in [-0.2, -0.15) is 18.4 Å². The van der Waals surface area contributed by atoms with Crippen molar-refractivity contribution in [1.29, 1.82) is 0 Å². The third kappa shape index (κ3) is 3.48. The van der Waals surface area contributed by atoms with Crippen molar-refractivity contribution in [3.8, 4) is 34.0 Å². The van der Waals surface area contributed by atoms with E-state index >= 15 is 0 Å². The number of ether oxygens (including phenoxy) is 1. The summed E-state index contributed by atoms with van der Waals surface area (Å²) in [4.78, 5) is 12.8. The minimum atomic E-state index is -4.53. The number of hydrogen-bond acceptors (Lipinski definition) is 5. The van der Waals surface area contributed by atoms with Crippen LogP contribution >= 0.6 is 0 Å². The molecular weight excluding hydrogens is 411 g/mol. The molecule has 1 amide bonds. The van der Waals surface area contributed by atoms with Gasteiger partial charge in [0.2, 0.25) is 5.82 Å². The van der Waals surface area contributed by atoms with Crippen LogP contribution in [-0.4, -0.2) is 26.5 Å². The van der Waals surface area contributed by atoms with Crippen LogP contribution in [0, 0.1) is 0 Å². The van der Waals surface area contributed by atoms with Crippen molar-refractivity contribution in [2.24, 2.45) is 0 Å². The number of H-pyrrole nitrogens is 1. The van der Waals surface area contributed by atoms with Crippen LogP contribution in [0.4, 0.5) is 18.9 Å². The van der Waals surface area contributed by atoms with Crippen molar-refractivity contribution < 1.29 is 22.7 Å². The second-order valence-electron chi connectivity index (χ2n) is 6.79. The lowest BCUT2D eigenvalue weighted by Crippen LogP contribution is -2.12. The first-order valence-corrected chi connectivity index (χ1v) is 9.07. The van der Waals surface area contributed by atoms with Crippen LogP contribution < -0.4 is 10.1 Å². The molecule has 3 aromatic carbocycles. The zero-order valence-electron chi connectivity index (χ0n) is 15.6. The number of nitrogens with one attached hydrogen (secondary N) is 2. The molecule has 154 valence electrons. The SMILES string of the molecule is O=C1Nc2cc(C(F)(F)F)ccc2Oc2ccc(-c3cccc(-c4nn[nH]n4)c3)cc21. The molecule has 2 N–H and O–H groups in total. The summed E-state index contributed by atoms with van der Waals surface area (Å²) in [6, 6.07) is 15.3. The Bertz CT molecular complexity index is 1300. The summed E-state index contributed by atoms with van der Waals surface area (Å²) >= 11 is 0. The summed E-state index contributed by atoms with van der Waals surface area (Å²) in [7, 11) is 0. The number of hydrogen-bond donors (Lipinski definition) is 2. The van der Waals surface area contributed by atoms with Gasteiger partial charge in [0.15, 0.2) is 5.75 Å². The van der Waals surface area contributed by atoms with Crippen molar-refractivity contribution in [1.82, 2.24) is 20.6 Å². The number of benzene rings is 3. The fourth-order valence-corrected chi connectivity index (χ4v) is 3.30. The first kappa shape index (κ1) is 18.8. The van der Waals surface area contributed by atoms with E-state index in [4.69, 9.17) is 4.74 Å². The topological polar surface area (TPSA) is 92.8 Å². The second kappa shape index (κ2) is 6.94. The molecule has 0 aliphatic carbocycles. The van der Waals surface area contributed by atoms with Gasteiger partial charge in [-0.1, -0.05) is 24.3 Å². The lowest BCUT2D eigenvalue weighted by Gasteiger charge is -2.11. The molecule has 31 heavy (non-hydrogen) atoms. The van der Waals surface area contributed by atoms with Gasteiger partial charge >= 0.3 is 6.18 Å². The number of anilines is 1. The number of carbonyl (C=O) groups excluding carboxylic acids is 1. The Morgan fingerprint density at radius 3 is 2.42 bits per heavy atom. The van der Waals surface area contributed by atoms with Gasteiger partial charge in [-0.05, 0) is 52.7 Å². The Morgan fingerprint density at radius 1 is 0.871 bits per heavy atom. The van der Waals surface area contributed by atoms with E-state index in [0.717, 1.165) is 23.3 Å². The van der Waals surface area contributed by atoms with Gasteiger partial charge in [-0.25, -0.2) is 0 Å². The number of carbonyl (C=O) groups is 1. The molecule has 1 aromatic heterocycles. The van der Waals surface area contributed by atoms with Crippen molar-refractivity contribution in [3.05, 3.63) is 71.8 Å². The smallest absolute Gasteiger partial charge is 0.416 e. The number of halogens is 3. The Hall–Kier alpha value is -4.21. The summed E-state index contributed by atoms with van der Waals surface area (Å²) in [5, 5.41) is 16.3. The van der Waals surface area contributed by atoms with Crippen molar-refractivity contribution in [2.75, 3.05) is 5.32 Å². The van der Waals surface area contributed by atoms with Crippen LogP contribution in [0.1, 0.15) is 15.9 Å². The number of amides is 1. The first-order valence-electron chi connectivity index (χ1n) is 9.07. The highest BCUT2D eigenvalue weighted by Crippen LogP contribution is 2.40. The number of alkyl halides is 3. The zero-order chi connectivity index (χ0) is 21.6. The molecule has 10 heteroatoms. The average molecular weight is 423 g/mol. The van der Waals surface area contributed by atoms with Gasteiger partial charge in [-0.15, -0.1) is 10.2 Å². The molecule has 5 rings (SSSR count). The number of nitrogens with zero attached hydrogens (tertiary/aromatic N) is 3. The fourth-order valence-electron chi connectivity index (χ4n) is 3.30. The third-order valence-corrected chi connectivity index (χ3v) is 4.80. The van der Waals surface area contributed by atoms with E-state index in [1.54, 1.807) is 18.2 Å². The number of rotatable bonds is 2. The monoisotopic (exact) mass is 423 g/mol. The molecular formula is C21H12F3N5O2. The predicted octanol–water partition coefficient (Wildman–Crippen LogP) is 4.91. The molecule has 1 aliphatic heterocycles. The lowest BCUT2D eigenvalue weighted by atomic mass is 10.00. The highest BCUT2D eigenvalue weighted by molar-refractivity contribution is 6.08. The molecule has 2 heterocycles. The van der Waals surface area contributed by atoms with Gasteiger partial charge in [0.1, 0.15) is 5.75 Å². The van der Waals surface area contributed by atoms with E-state index in [9.17, 15) is 18.0 Å². The molecule has 1 aliphatic rings. The molecule has 0 unspecified atom stereocenters. The summed E-state index contributed by atoms with van der Waals surface area (Å²) in [6.45, 7) is 0. The standard InChI is InChI=1S/C21H12F3N5O2/c22-21(23,24)14-5-7-18-16(10-14)25-20(30)15-9-12(4-6-17(15)31-18)11-2-1-3-13(8-11)19-26-28-29-27-19/h1-10H,(H,25,30)(H,26,27,28,29). The largest absolute Gasteiger partial charge is 0.454 e. The van der Waals surface area contributed by atoms with E-state index in [1.165, 1.54) is 6.07 Å². The van der Waals surface area contributed by atoms with E-state index in [2.05, 4.69) is 25.9 Å². The summed E-state index contributed by atoms with van der Waals surface area (Å²) in [6.07, 6.45) is -4.53. The van der Waals surface area contributed by atoms with Crippen molar-refractivity contribution in [2.45, 2.75) is 6.18 Å². The van der Waals surface area contributed by atoms with Crippen LogP contribution in [0.5, 0.6) is 11.5 Å². The van der Waals surface area contributed by atoms with Crippen LogP contribution in [0.3, 0.4) is 0 Å². The van der Waals surface area contributed by atoms with Gasteiger partial charge in [-0.3, -0.25) is 4.79 Å². The number of fused-ring (bicyclic) bond motifs is 2. The normalized spacial score (nSPS) is 12.9. The molecule has 0 atom stereocenters. The van der Waals surface area contributed by atoms with Gasteiger partial charge in [0, 0.05) is 5.56 Å². The van der Waals surface area contributed by atoms with Crippen molar-refractivity contribution >= 4 is 11.6 Å². The summed E-state index contributed by atoms with van der Waals surface area (Å²) < 4.78 is 44.8. The molecule has 0 saturated carbocycles. The molecule has 4 aromatic rings. The van der Waals surface area contributed by atoms with Crippen LogP contribution in [-0.2, 0) is 6.18 Å². The van der Waals surface area contributed by atoms with E-state index in [1.807, 2.05) is 24.3 Å². The zero-order valence-corrected chi connectivity index (χ0v) is 15.6. The summed E-state index contributed by atoms with van der Waals surface area (Å²) in [5.74, 6) is 0.235. The van der Waals surface area contributed by atoms with Gasteiger partial charge in [0.05, 0.1) is 16.8 Å². The molecule has 7 nitrogen and oxygen atoms in total. The van der Waals surface area contributed by atoms with Gasteiger partial charge in [0.25, 0.3) is 5.91 Å². The molecule has 0 bridgehead atoms. The Morgan fingerprint density at radius 2 is 1.65 bits per heavy atom. The first-order chi connectivity index (χ1) is 14.9. The second-order valence-corrected chi connectivity index (χ2v) is 6.79. The van der Waals surface area contributed by atoms with Gasteiger partial charge < -0.3 is 10.1 Å². The maximum absolute atomic E-state index is 13.0. The van der Waals surface area contributed by atoms with E-state index < -0.39 is 17.6 Å².